The summed E-state index contributed by atoms with van der Waals surface area (Å²) in [6, 6.07) is 11.7. The summed E-state index contributed by atoms with van der Waals surface area (Å²) in [7, 11) is 0. The summed E-state index contributed by atoms with van der Waals surface area (Å²) < 4.78 is 0. The van der Waals surface area contributed by atoms with E-state index in [1.165, 1.54) is 36.4 Å². The van der Waals surface area contributed by atoms with Crippen LogP contribution in [-0.4, -0.2) is 34.8 Å². The number of unbranched alkanes of at least 4 members (excludes halogenated alkanes) is 1. The van der Waals surface area contributed by atoms with Crippen LogP contribution < -0.4 is 10.6 Å². The van der Waals surface area contributed by atoms with Crippen LogP contribution in [0.5, 0.6) is 0 Å². The summed E-state index contributed by atoms with van der Waals surface area (Å²) in [4.78, 5) is 43.8. The van der Waals surface area contributed by atoms with E-state index in [1.54, 1.807) is 36.4 Å². The van der Waals surface area contributed by atoms with Crippen molar-refractivity contribution in [3.63, 3.8) is 0 Å². The lowest BCUT2D eigenvalue weighted by molar-refractivity contribution is -0.385. The molecule has 2 aromatic rings. The first kappa shape index (κ1) is 23.9. The van der Waals surface area contributed by atoms with Gasteiger partial charge in [0.25, 0.3) is 11.4 Å². The van der Waals surface area contributed by atoms with Crippen LogP contribution in [-0.2, 0) is 9.59 Å². The Bertz CT molecular complexity index is 930. The normalized spacial score (nSPS) is 10.9. The minimum absolute atomic E-state index is 0.0134. The van der Waals surface area contributed by atoms with E-state index in [1.807, 2.05) is 0 Å². The average molecular weight is 438 g/mol. The fourth-order valence-corrected chi connectivity index (χ4v) is 2.55. The molecule has 0 aliphatic rings. The molecule has 0 saturated carbocycles. The number of amides is 2. The minimum Gasteiger partial charge on any atom is -0.353 e. The van der Waals surface area contributed by atoms with E-state index >= 15 is 0 Å². The van der Waals surface area contributed by atoms with E-state index in [4.69, 9.17) is 0 Å². The summed E-state index contributed by atoms with van der Waals surface area (Å²) in [5, 5.41) is 26.7. The zero-order chi connectivity index (χ0) is 23.3. The fourth-order valence-electron chi connectivity index (χ4n) is 2.55. The predicted octanol–water partition coefficient (Wildman–Crippen LogP) is 3.24. The molecule has 10 nitrogen and oxygen atoms in total. The second kappa shape index (κ2) is 12.4. The number of carbonyl (C=O) groups excluding carboxylic acids is 2. The van der Waals surface area contributed by atoms with Crippen LogP contribution in [0.4, 0.5) is 11.4 Å². The van der Waals surface area contributed by atoms with Crippen molar-refractivity contribution in [2.75, 3.05) is 13.1 Å². The highest BCUT2D eigenvalue weighted by Crippen LogP contribution is 2.13. The van der Waals surface area contributed by atoms with E-state index < -0.39 is 9.85 Å². The smallest absolute Gasteiger partial charge is 0.269 e. The van der Waals surface area contributed by atoms with Gasteiger partial charge in [0.15, 0.2) is 0 Å². The maximum atomic E-state index is 11.8. The van der Waals surface area contributed by atoms with Crippen molar-refractivity contribution >= 4 is 35.3 Å². The second-order valence-corrected chi connectivity index (χ2v) is 6.65. The molecular weight excluding hydrogens is 416 g/mol. The van der Waals surface area contributed by atoms with Gasteiger partial charge in [-0.25, -0.2) is 0 Å². The average Bonchev–Trinajstić information content (AvgIpc) is 2.79. The Hall–Kier alpha value is -4.34. The molecule has 0 heterocycles. The van der Waals surface area contributed by atoms with Gasteiger partial charge in [-0.2, -0.15) is 0 Å². The third-order valence-corrected chi connectivity index (χ3v) is 4.26. The lowest BCUT2D eigenvalue weighted by Gasteiger charge is -2.04. The Morgan fingerprint density at radius 2 is 1.03 bits per heavy atom. The van der Waals surface area contributed by atoms with Gasteiger partial charge in [-0.3, -0.25) is 29.8 Å². The quantitative estimate of drug-likeness (QED) is 0.238. The SMILES string of the molecule is O=C(/C=C/c1ccc([N+](=O)[O-])cc1)NCCCCNC(=O)/C=C/c1ccc([N+](=O)[O-])cc1. The molecular formula is C22H22N4O6. The number of nitro groups is 2. The molecule has 2 aromatic carbocycles. The van der Waals surface area contributed by atoms with Crippen molar-refractivity contribution in [3.05, 3.63) is 92.0 Å². The highest BCUT2D eigenvalue weighted by molar-refractivity contribution is 5.92. The van der Waals surface area contributed by atoms with Crippen molar-refractivity contribution < 1.29 is 19.4 Å². The van der Waals surface area contributed by atoms with Crippen molar-refractivity contribution in [3.8, 4) is 0 Å². The first-order chi connectivity index (χ1) is 15.3. The van der Waals surface area contributed by atoms with Gasteiger partial charge in [-0.05, 0) is 60.4 Å². The lowest BCUT2D eigenvalue weighted by atomic mass is 10.2. The third-order valence-electron chi connectivity index (χ3n) is 4.26. The number of nitrogens with zero attached hydrogens (tertiary/aromatic N) is 2. The molecule has 0 atom stereocenters. The molecule has 0 radical (unpaired) electrons. The van der Waals surface area contributed by atoms with E-state index in [9.17, 15) is 29.8 Å². The van der Waals surface area contributed by atoms with E-state index in [2.05, 4.69) is 10.6 Å². The molecule has 2 amide bonds. The first-order valence-corrected chi connectivity index (χ1v) is 9.76. The molecule has 0 spiro atoms. The number of hydrogen-bond donors (Lipinski definition) is 2. The summed E-state index contributed by atoms with van der Waals surface area (Å²) >= 11 is 0. The zero-order valence-corrected chi connectivity index (χ0v) is 17.1. The molecule has 0 aliphatic carbocycles. The van der Waals surface area contributed by atoms with Crippen molar-refractivity contribution in [2.24, 2.45) is 0 Å². The largest absolute Gasteiger partial charge is 0.353 e. The van der Waals surface area contributed by atoms with Crippen LogP contribution in [0.15, 0.2) is 60.7 Å². The monoisotopic (exact) mass is 438 g/mol. The van der Waals surface area contributed by atoms with Crippen LogP contribution >= 0.6 is 0 Å². The van der Waals surface area contributed by atoms with Crippen LogP contribution in [0.3, 0.4) is 0 Å². The molecule has 166 valence electrons. The molecule has 2 rings (SSSR count). The van der Waals surface area contributed by atoms with Gasteiger partial charge in [0.05, 0.1) is 9.85 Å². The molecule has 0 bridgehead atoms. The Labute approximate surface area is 183 Å². The van der Waals surface area contributed by atoms with Gasteiger partial charge in [0, 0.05) is 49.5 Å². The second-order valence-electron chi connectivity index (χ2n) is 6.65. The molecule has 2 N–H and O–H groups in total. The van der Waals surface area contributed by atoms with Crippen LogP contribution in [0, 0.1) is 20.2 Å². The van der Waals surface area contributed by atoms with E-state index in [-0.39, 0.29) is 23.2 Å². The maximum absolute atomic E-state index is 11.8. The highest BCUT2D eigenvalue weighted by Gasteiger charge is 2.04. The minimum atomic E-state index is -0.488. The number of nitro benzene ring substituents is 2. The Kier molecular flexibility index (Phi) is 9.26. The topological polar surface area (TPSA) is 144 Å². The highest BCUT2D eigenvalue weighted by atomic mass is 16.6. The number of benzene rings is 2. The van der Waals surface area contributed by atoms with E-state index in [0.29, 0.717) is 37.1 Å². The summed E-state index contributed by atoms with van der Waals surface area (Å²) in [6.45, 7) is 0.885. The molecule has 0 fully saturated rings. The van der Waals surface area contributed by atoms with Crippen LogP contribution in [0.2, 0.25) is 0 Å². The van der Waals surface area contributed by atoms with Crippen molar-refractivity contribution in [1.82, 2.24) is 10.6 Å². The maximum Gasteiger partial charge on any atom is 0.269 e. The molecule has 0 aliphatic heterocycles. The summed E-state index contributed by atoms with van der Waals surface area (Å²) in [5.41, 5.74) is 1.33. The standard InChI is InChI=1S/C22H22N4O6/c27-21(13-7-17-3-9-19(10-4-17)25(29)30)23-15-1-2-16-24-22(28)14-8-18-5-11-20(12-6-18)26(31)32/h3-14H,1-2,15-16H2,(H,23,27)(H,24,28)/b13-7+,14-8+. The number of non-ortho nitro benzene ring substituents is 2. The predicted molar refractivity (Wildman–Crippen MR) is 120 cm³/mol. The van der Waals surface area contributed by atoms with E-state index in [0.717, 1.165) is 0 Å². The Morgan fingerprint density at radius 1 is 0.688 bits per heavy atom. The van der Waals surface area contributed by atoms with Gasteiger partial charge in [0.2, 0.25) is 11.8 Å². The van der Waals surface area contributed by atoms with Crippen LogP contribution in [0.25, 0.3) is 12.2 Å². The van der Waals surface area contributed by atoms with Crippen molar-refractivity contribution in [2.45, 2.75) is 12.8 Å². The third kappa shape index (κ3) is 8.57. The zero-order valence-electron chi connectivity index (χ0n) is 17.1. The molecule has 0 saturated heterocycles. The van der Waals surface area contributed by atoms with Gasteiger partial charge in [-0.1, -0.05) is 0 Å². The van der Waals surface area contributed by atoms with Gasteiger partial charge < -0.3 is 10.6 Å². The van der Waals surface area contributed by atoms with Gasteiger partial charge in [0.1, 0.15) is 0 Å². The number of nitrogens with one attached hydrogen (secondary N) is 2. The number of rotatable bonds is 11. The molecule has 0 aromatic heterocycles. The Balaban J connectivity index is 1.60. The lowest BCUT2D eigenvalue weighted by Crippen LogP contribution is -2.25. The van der Waals surface area contributed by atoms with Gasteiger partial charge in [-0.15, -0.1) is 0 Å². The summed E-state index contributed by atoms with van der Waals surface area (Å²) in [5.74, 6) is -0.558. The molecule has 10 heteroatoms. The van der Waals surface area contributed by atoms with Crippen molar-refractivity contribution in [1.29, 1.82) is 0 Å². The number of hydrogen-bond acceptors (Lipinski definition) is 6. The number of carbonyl (C=O) groups is 2. The Morgan fingerprint density at radius 3 is 1.34 bits per heavy atom. The first-order valence-electron chi connectivity index (χ1n) is 9.76. The van der Waals surface area contributed by atoms with Crippen LogP contribution in [0.1, 0.15) is 24.0 Å². The molecule has 0 unspecified atom stereocenters. The molecule has 32 heavy (non-hydrogen) atoms. The van der Waals surface area contributed by atoms with Gasteiger partial charge >= 0.3 is 0 Å². The summed E-state index contributed by atoms with van der Waals surface area (Å²) in [6.07, 6.45) is 7.18. The fraction of sp³-hybridized carbons (Fsp3) is 0.182.